The summed E-state index contributed by atoms with van der Waals surface area (Å²) in [5, 5.41) is 3.16. The molecule has 0 unspecified atom stereocenters. The average Bonchev–Trinajstić information content (AvgIpc) is 2.64. The van der Waals surface area contributed by atoms with Crippen molar-refractivity contribution in [1.82, 2.24) is 15.0 Å². The standard InChI is InChI=1S/C16H19ClN6O/c1-12(15(24)21-13-4-2-5-18-14(13)17)22-8-10-23(11-9-22)16-19-6-3-7-20-16/h2-7,12H,8-11H2,1H3,(H,21,24)/p+1/t12-/m0/s1. The largest absolute Gasteiger partial charge is 0.330 e. The second-order valence-electron chi connectivity index (χ2n) is 5.75. The number of hydrogen-bond donors (Lipinski definition) is 2. The number of piperazine rings is 1. The molecular weight excluding hydrogens is 328 g/mol. The van der Waals surface area contributed by atoms with E-state index in [4.69, 9.17) is 11.6 Å². The van der Waals surface area contributed by atoms with Gasteiger partial charge in [0.2, 0.25) is 5.95 Å². The maximum atomic E-state index is 12.5. The Bertz CT molecular complexity index is 690. The van der Waals surface area contributed by atoms with Crippen molar-refractivity contribution < 1.29 is 9.69 Å². The first-order valence-electron chi connectivity index (χ1n) is 7.93. The summed E-state index contributed by atoms with van der Waals surface area (Å²) >= 11 is 5.99. The van der Waals surface area contributed by atoms with E-state index in [1.54, 1.807) is 36.8 Å². The van der Waals surface area contributed by atoms with Crippen LogP contribution in [0.2, 0.25) is 5.15 Å². The molecule has 1 aliphatic rings. The highest BCUT2D eigenvalue weighted by atomic mass is 35.5. The van der Waals surface area contributed by atoms with Crippen LogP contribution in [0.25, 0.3) is 0 Å². The van der Waals surface area contributed by atoms with Crippen molar-refractivity contribution >= 4 is 29.1 Å². The summed E-state index contributed by atoms with van der Waals surface area (Å²) in [5.41, 5.74) is 0.548. The zero-order valence-electron chi connectivity index (χ0n) is 13.4. The van der Waals surface area contributed by atoms with Gasteiger partial charge in [0.15, 0.2) is 11.2 Å². The van der Waals surface area contributed by atoms with Crippen LogP contribution < -0.4 is 15.1 Å². The summed E-state index contributed by atoms with van der Waals surface area (Å²) in [6.45, 7) is 5.29. The third kappa shape index (κ3) is 3.80. The van der Waals surface area contributed by atoms with E-state index in [9.17, 15) is 4.79 Å². The lowest BCUT2D eigenvalue weighted by molar-refractivity contribution is -0.914. The minimum atomic E-state index is -0.167. The van der Waals surface area contributed by atoms with Crippen molar-refractivity contribution in [3.05, 3.63) is 41.9 Å². The average molecular weight is 348 g/mol. The van der Waals surface area contributed by atoms with Crippen molar-refractivity contribution in [2.45, 2.75) is 13.0 Å². The molecule has 1 amide bonds. The van der Waals surface area contributed by atoms with Crippen molar-refractivity contribution in [3.63, 3.8) is 0 Å². The monoisotopic (exact) mass is 347 g/mol. The van der Waals surface area contributed by atoms with Gasteiger partial charge in [0, 0.05) is 18.6 Å². The van der Waals surface area contributed by atoms with E-state index >= 15 is 0 Å². The Labute approximate surface area is 145 Å². The van der Waals surface area contributed by atoms with Crippen molar-refractivity contribution in [2.75, 3.05) is 36.4 Å². The van der Waals surface area contributed by atoms with E-state index in [1.807, 2.05) is 6.92 Å². The Hall–Kier alpha value is -2.25. The van der Waals surface area contributed by atoms with Crippen molar-refractivity contribution in [2.24, 2.45) is 0 Å². The van der Waals surface area contributed by atoms with Gasteiger partial charge in [-0.3, -0.25) is 4.79 Å². The fourth-order valence-corrected chi connectivity index (χ4v) is 2.95. The first kappa shape index (κ1) is 16.6. The molecule has 0 radical (unpaired) electrons. The summed E-state index contributed by atoms with van der Waals surface area (Å²) < 4.78 is 0. The summed E-state index contributed by atoms with van der Waals surface area (Å²) in [6, 6.07) is 5.14. The molecular formula is C16H20ClN6O+. The second kappa shape index (κ2) is 7.55. The quantitative estimate of drug-likeness (QED) is 0.776. The topological polar surface area (TPSA) is 75.5 Å². The van der Waals surface area contributed by atoms with Crippen LogP contribution in [-0.4, -0.2) is 53.1 Å². The molecule has 24 heavy (non-hydrogen) atoms. The van der Waals surface area contributed by atoms with Crippen molar-refractivity contribution in [3.8, 4) is 0 Å². The van der Waals surface area contributed by atoms with Crippen LogP contribution in [0.5, 0.6) is 0 Å². The van der Waals surface area contributed by atoms with Gasteiger partial charge in [-0.1, -0.05) is 11.6 Å². The Morgan fingerprint density at radius 1 is 1.21 bits per heavy atom. The first-order valence-corrected chi connectivity index (χ1v) is 8.31. The lowest BCUT2D eigenvalue weighted by atomic mass is 10.2. The number of pyridine rings is 1. The highest BCUT2D eigenvalue weighted by Crippen LogP contribution is 2.17. The minimum Gasteiger partial charge on any atom is -0.330 e. The fourth-order valence-electron chi connectivity index (χ4n) is 2.79. The molecule has 1 fully saturated rings. The fraction of sp³-hybridized carbons (Fsp3) is 0.375. The van der Waals surface area contributed by atoms with E-state index in [0.717, 1.165) is 32.1 Å². The van der Waals surface area contributed by atoms with Gasteiger partial charge in [-0.15, -0.1) is 0 Å². The summed E-state index contributed by atoms with van der Waals surface area (Å²) in [7, 11) is 0. The number of hydrogen-bond acceptors (Lipinski definition) is 5. The van der Waals surface area contributed by atoms with Crippen molar-refractivity contribution in [1.29, 1.82) is 0 Å². The van der Waals surface area contributed by atoms with Gasteiger partial charge in [-0.2, -0.15) is 0 Å². The molecule has 2 aromatic rings. The van der Waals surface area contributed by atoms with Gasteiger partial charge < -0.3 is 15.1 Å². The summed E-state index contributed by atoms with van der Waals surface area (Å²) in [6.07, 6.45) is 5.09. The molecule has 0 aliphatic carbocycles. The Kier molecular flexibility index (Phi) is 5.22. The number of aromatic nitrogens is 3. The smallest absolute Gasteiger partial charge is 0.282 e. The molecule has 2 aromatic heterocycles. The predicted octanol–water partition coefficient (Wildman–Crippen LogP) is 0.257. The second-order valence-corrected chi connectivity index (χ2v) is 6.10. The molecule has 3 heterocycles. The Morgan fingerprint density at radius 2 is 1.88 bits per heavy atom. The maximum Gasteiger partial charge on any atom is 0.282 e. The van der Waals surface area contributed by atoms with Gasteiger partial charge in [-0.05, 0) is 25.1 Å². The Balaban J connectivity index is 1.56. The molecule has 0 bridgehead atoms. The molecule has 0 aromatic carbocycles. The lowest BCUT2D eigenvalue weighted by Crippen LogP contribution is -3.19. The molecule has 7 nitrogen and oxygen atoms in total. The van der Waals surface area contributed by atoms with E-state index in [0.29, 0.717) is 10.8 Å². The number of nitrogens with one attached hydrogen (secondary N) is 2. The molecule has 1 aliphatic heterocycles. The first-order chi connectivity index (χ1) is 11.6. The van der Waals surface area contributed by atoms with Crippen LogP contribution in [0.3, 0.4) is 0 Å². The summed E-state index contributed by atoms with van der Waals surface area (Å²) in [4.78, 5) is 28.4. The van der Waals surface area contributed by atoms with Gasteiger partial charge in [0.25, 0.3) is 5.91 Å². The number of rotatable bonds is 4. The van der Waals surface area contributed by atoms with Crippen LogP contribution in [0.1, 0.15) is 6.92 Å². The van der Waals surface area contributed by atoms with Crippen LogP contribution in [-0.2, 0) is 4.79 Å². The van der Waals surface area contributed by atoms with Gasteiger partial charge in [0.05, 0.1) is 31.9 Å². The maximum absolute atomic E-state index is 12.5. The molecule has 0 spiro atoms. The summed E-state index contributed by atoms with van der Waals surface area (Å²) in [5.74, 6) is 0.695. The molecule has 8 heteroatoms. The van der Waals surface area contributed by atoms with Crippen LogP contribution in [0.4, 0.5) is 11.6 Å². The molecule has 0 saturated carbocycles. The number of nitrogens with zero attached hydrogens (tertiary/aromatic N) is 4. The number of anilines is 2. The number of carbonyl (C=O) groups excluding carboxylic acids is 1. The molecule has 126 valence electrons. The van der Waals surface area contributed by atoms with Crippen LogP contribution >= 0.6 is 11.6 Å². The number of quaternary nitrogens is 1. The third-order valence-corrected chi connectivity index (χ3v) is 4.56. The Morgan fingerprint density at radius 3 is 2.54 bits per heavy atom. The molecule has 3 rings (SSSR count). The molecule has 2 N–H and O–H groups in total. The predicted molar refractivity (Wildman–Crippen MR) is 92.3 cm³/mol. The molecule has 1 saturated heterocycles. The number of carbonyl (C=O) groups is 1. The van der Waals surface area contributed by atoms with Gasteiger partial charge in [-0.25, -0.2) is 15.0 Å². The lowest BCUT2D eigenvalue weighted by Gasteiger charge is -2.34. The van der Waals surface area contributed by atoms with E-state index in [2.05, 4.69) is 25.2 Å². The van der Waals surface area contributed by atoms with E-state index < -0.39 is 0 Å². The van der Waals surface area contributed by atoms with E-state index in [1.165, 1.54) is 4.90 Å². The highest BCUT2D eigenvalue weighted by molar-refractivity contribution is 6.32. The van der Waals surface area contributed by atoms with Gasteiger partial charge in [0.1, 0.15) is 0 Å². The van der Waals surface area contributed by atoms with Crippen LogP contribution in [0.15, 0.2) is 36.8 Å². The zero-order chi connectivity index (χ0) is 16.9. The van der Waals surface area contributed by atoms with Crippen LogP contribution in [0, 0.1) is 0 Å². The van der Waals surface area contributed by atoms with E-state index in [-0.39, 0.29) is 11.9 Å². The number of amides is 1. The normalized spacial score (nSPS) is 16.7. The molecule has 1 atom stereocenters. The third-order valence-electron chi connectivity index (χ3n) is 4.26. The SMILES string of the molecule is C[C@@H](C(=O)Nc1cccnc1Cl)[NH+]1CCN(c2ncccn2)CC1. The highest BCUT2D eigenvalue weighted by Gasteiger charge is 2.30. The van der Waals surface area contributed by atoms with Gasteiger partial charge >= 0.3 is 0 Å². The zero-order valence-corrected chi connectivity index (χ0v) is 14.2. The number of halogens is 1. The minimum absolute atomic E-state index is 0.0516.